The summed E-state index contributed by atoms with van der Waals surface area (Å²) in [5.41, 5.74) is 0.344. The fourth-order valence-electron chi connectivity index (χ4n) is 3.63. The number of aryl methyl sites for hydroxylation is 1. The molecule has 1 aromatic carbocycles. The largest absolute Gasteiger partial charge is 0.352 e. The van der Waals surface area contributed by atoms with Gasteiger partial charge >= 0.3 is 0 Å². The van der Waals surface area contributed by atoms with Gasteiger partial charge < -0.3 is 14.8 Å². The molecular weight excluding hydrogens is 402 g/mol. The van der Waals surface area contributed by atoms with Gasteiger partial charge in [-0.2, -0.15) is 0 Å². The van der Waals surface area contributed by atoms with Crippen LogP contribution >= 0.6 is 0 Å². The summed E-state index contributed by atoms with van der Waals surface area (Å²) in [5, 5.41) is 3.28. The summed E-state index contributed by atoms with van der Waals surface area (Å²) >= 11 is 0. The van der Waals surface area contributed by atoms with Crippen LogP contribution in [0.4, 0.5) is 14.6 Å². The Labute approximate surface area is 177 Å². The Morgan fingerprint density at radius 3 is 2.58 bits per heavy atom. The van der Waals surface area contributed by atoms with E-state index >= 15 is 0 Å². The van der Waals surface area contributed by atoms with Gasteiger partial charge in [0.05, 0.1) is 10.9 Å². The van der Waals surface area contributed by atoms with E-state index in [1.54, 1.807) is 4.57 Å². The van der Waals surface area contributed by atoms with Crippen molar-refractivity contribution in [3.05, 3.63) is 75.6 Å². The third kappa shape index (κ3) is 4.25. The Hall–Kier alpha value is -3.39. The monoisotopic (exact) mass is 424 g/mol. The van der Waals surface area contributed by atoms with Crippen molar-refractivity contribution < 1.29 is 13.6 Å². The number of anilines is 1. The van der Waals surface area contributed by atoms with E-state index in [9.17, 15) is 18.4 Å². The lowest BCUT2D eigenvalue weighted by Gasteiger charge is -2.29. The average Bonchev–Trinajstić information content (AvgIpc) is 2.79. The van der Waals surface area contributed by atoms with Gasteiger partial charge in [0.15, 0.2) is 17.4 Å². The molecule has 3 heterocycles. The number of rotatable bonds is 5. The highest BCUT2D eigenvalue weighted by molar-refractivity contribution is 6.08. The van der Waals surface area contributed by atoms with Crippen molar-refractivity contribution in [2.45, 2.75) is 13.5 Å². The molecule has 0 radical (unpaired) electrons. The fourth-order valence-corrected chi connectivity index (χ4v) is 3.63. The van der Waals surface area contributed by atoms with E-state index in [0.29, 0.717) is 30.8 Å². The van der Waals surface area contributed by atoms with Gasteiger partial charge in [-0.3, -0.25) is 9.59 Å². The molecule has 160 valence electrons. The highest BCUT2D eigenvalue weighted by atomic mass is 19.1. The Bertz CT molecular complexity index is 1210. The molecule has 4 rings (SSSR count). The van der Waals surface area contributed by atoms with Crippen LogP contribution in [0.3, 0.4) is 0 Å². The second-order valence-electron chi connectivity index (χ2n) is 7.31. The van der Waals surface area contributed by atoms with Gasteiger partial charge in [0.1, 0.15) is 11.5 Å². The zero-order valence-corrected chi connectivity index (χ0v) is 17.1. The first-order chi connectivity index (χ1) is 15.0. The van der Waals surface area contributed by atoms with E-state index < -0.39 is 17.0 Å². The zero-order chi connectivity index (χ0) is 22.0. The number of aromatic nitrogens is 2. The highest BCUT2D eigenvalue weighted by Crippen LogP contribution is 2.22. The van der Waals surface area contributed by atoms with Crippen LogP contribution in [0.15, 0.2) is 47.4 Å². The second-order valence-corrected chi connectivity index (χ2v) is 7.31. The number of benzene rings is 1. The van der Waals surface area contributed by atoms with Crippen LogP contribution in [-0.2, 0) is 6.54 Å². The third-order valence-corrected chi connectivity index (χ3v) is 5.30. The van der Waals surface area contributed by atoms with Crippen molar-refractivity contribution >= 4 is 28.7 Å². The van der Waals surface area contributed by atoms with Crippen LogP contribution in [0.1, 0.15) is 22.8 Å². The Kier molecular flexibility index (Phi) is 5.90. The standard InChI is InChI=1S/C23H22F2N4O2/c1-2-28-14-18(20(30)8-5-15-3-6-16(24)7-4-15)21(31)17-13-19(25)23(27-22(17)28)29-11-9-26-10-12-29/h3-8,13-14,26H,2,9-12H2,1H3. The zero-order valence-electron chi connectivity index (χ0n) is 17.1. The smallest absolute Gasteiger partial charge is 0.202 e. The van der Waals surface area contributed by atoms with Gasteiger partial charge in [-0.05, 0) is 36.8 Å². The number of halogens is 2. The number of piperazine rings is 1. The number of fused-ring (bicyclic) bond motifs is 1. The Balaban J connectivity index is 1.75. The molecule has 0 saturated carbocycles. The first-order valence-electron chi connectivity index (χ1n) is 10.1. The first-order valence-corrected chi connectivity index (χ1v) is 10.1. The first kappa shape index (κ1) is 20.9. The molecule has 0 aliphatic carbocycles. The van der Waals surface area contributed by atoms with Crippen molar-refractivity contribution in [1.82, 2.24) is 14.9 Å². The van der Waals surface area contributed by atoms with E-state index in [-0.39, 0.29) is 22.6 Å². The number of allylic oxidation sites excluding steroid dienone is 1. The number of carbonyl (C=O) groups excluding carboxylic acids is 1. The number of nitrogens with one attached hydrogen (secondary N) is 1. The molecule has 3 aromatic rings. The van der Waals surface area contributed by atoms with Crippen molar-refractivity contribution in [3.8, 4) is 0 Å². The predicted octanol–water partition coefficient (Wildman–Crippen LogP) is 3.00. The topological polar surface area (TPSA) is 67.2 Å². The van der Waals surface area contributed by atoms with Crippen LogP contribution in [-0.4, -0.2) is 41.5 Å². The number of carbonyl (C=O) groups is 1. The van der Waals surface area contributed by atoms with Crippen molar-refractivity contribution in [2.24, 2.45) is 0 Å². The summed E-state index contributed by atoms with van der Waals surface area (Å²) in [7, 11) is 0. The summed E-state index contributed by atoms with van der Waals surface area (Å²) in [5.74, 6) is -1.25. The molecule has 0 bridgehead atoms. The molecule has 1 N–H and O–H groups in total. The van der Waals surface area contributed by atoms with Gasteiger partial charge in [0, 0.05) is 38.9 Å². The summed E-state index contributed by atoms with van der Waals surface area (Å²) in [6.07, 6.45) is 4.23. The van der Waals surface area contributed by atoms with E-state index in [1.807, 2.05) is 11.8 Å². The van der Waals surface area contributed by atoms with E-state index in [4.69, 9.17) is 0 Å². The van der Waals surface area contributed by atoms with Gasteiger partial charge in [-0.1, -0.05) is 18.2 Å². The minimum Gasteiger partial charge on any atom is -0.352 e. The summed E-state index contributed by atoms with van der Waals surface area (Å²) in [4.78, 5) is 32.0. The predicted molar refractivity (Wildman–Crippen MR) is 116 cm³/mol. The lowest BCUT2D eigenvalue weighted by molar-refractivity contribution is 0.104. The maximum atomic E-state index is 14.9. The van der Waals surface area contributed by atoms with Crippen LogP contribution < -0.4 is 15.6 Å². The molecule has 0 unspecified atom stereocenters. The van der Waals surface area contributed by atoms with Crippen molar-refractivity contribution in [3.63, 3.8) is 0 Å². The molecule has 0 amide bonds. The van der Waals surface area contributed by atoms with Crippen molar-refractivity contribution in [1.29, 1.82) is 0 Å². The fraction of sp³-hybridized carbons (Fsp3) is 0.261. The molecule has 31 heavy (non-hydrogen) atoms. The quantitative estimate of drug-likeness (QED) is 0.504. The van der Waals surface area contributed by atoms with Gasteiger partial charge in [0.25, 0.3) is 0 Å². The minimum atomic E-state index is -0.583. The minimum absolute atomic E-state index is 0.0659. The molecule has 6 nitrogen and oxygen atoms in total. The molecule has 2 aromatic heterocycles. The number of hydrogen-bond acceptors (Lipinski definition) is 5. The Morgan fingerprint density at radius 2 is 1.90 bits per heavy atom. The average molecular weight is 424 g/mol. The van der Waals surface area contributed by atoms with Gasteiger partial charge in [0.2, 0.25) is 5.43 Å². The normalized spacial score (nSPS) is 14.5. The van der Waals surface area contributed by atoms with E-state index in [1.165, 1.54) is 48.7 Å². The molecule has 1 fully saturated rings. The lowest BCUT2D eigenvalue weighted by Crippen LogP contribution is -2.44. The van der Waals surface area contributed by atoms with Gasteiger partial charge in [-0.25, -0.2) is 13.8 Å². The molecule has 1 aliphatic heterocycles. The van der Waals surface area contributed by atoms with E-state index in [0.717, 1.165) is 13.1 Å². The summed E-state index contributed by atoms with van der Waals surface area (Å²) in [6.45, 7) is 5.02. The summed E-state index contributed by atoms with van der Waals surface area (Å²) in [6, 6.07) is 6.81. The maximum absolute atomic E-state index is 14.9. The van der Waals surface area contributed by atoms with Gasteiger partial charge in [-0.15, -0.1) is 0 Å². The van der Waals surface area contributed by atoms with Crippen LogP contribution in [0.2, 0.25) is 0 Å². The Morgan fingerprint density at radius 1 is 1.19 bits per heavy atom. The van der Waals surface area contributed by atoms with Crippen molar-refractivity contribution in [2.75, 3.05) is 31.1 Å². The molecule has 1 aliphatic rings. The molecule has 0 spiro atoms. The number of ketones is 1. The highest BCUT2D eigenvalue weighted by Gasteiger charge is 2.21. The van der Waals surface area contributed by atoms with Crippen LogP contribution in [0.5, 0.6) is 0 Å². The lowest BCUT2D eigenvalue weighted by atomic mass is 10.1. The van der Waals surface area contributed by atoms with Crippen LogP contribution in [0, 0.1) is 11.6 Å². The molecular formula is C23H22F2N4O2. The van der Waals surface area contributed by atoms with Crippen LogP contribution in [0.25, 0.3) is 17.1 Å². The second kappa shape index (κ2) is 8.77. The SMILES string of the molecule is CCn1cc(C(=O)C=Cc2ccc(F)cc2)c(=O)c2cc(F)c(N3CCNCC3)nc21. The number of nitrogens with zero attached hydrogens (tertiary/aromatic N) is 3. The maximum Gasteiger partial charge on any atom is 0.202 e. The molecule has 8 heteroatoms. The number of pyridine rings is 2. The molecule has 0 atom stereocenters. The summed E-state index contributed by atoms with van der Waals surface area (Å²) < 4.78 is 29.6. The number of hydrogen-bond donors (Lipinski definition) is 1. The molecule has 1 saturated heterocycles. The van der Waals surface area contributed by atoms with E-state index in [2.05, 4.69) is 10.3 Å². The third-order valence-electron chi connectivity index (χ3n) is 5.30.